The third-order valence-electron chi connectivity index (χ3n) is 1.30. The Morgan fingerprint density at radius 3 is 2.83 bits per heavy atom. The Bertz CT molecular complexity index is 279. The van der Waals surface area contributed by atoms with Gasteiger partial charge < -0.3 is 4.98 Å². The molecule has 64 valence electrons. The quantitative estimate of drug-likeness (QED) is 0.722. The molecule has 0 aliphatic rings. The number of hydrogen-bond donors (Lipinski definition) is 1. The number of Topliss-reactive ketones (excluding diaryl/α,β-unsaturated/α-hetero) is 1. The van der Waals surface area contributed by atoms with Crippen molar-refractivity contribution in [3.63, 3.8) is 0 Å². The predicted molar refractivity (Wildman–Crippen MR) is 48.3 cm³/mol. The van der Waals surface area contributed by atoms with E-state index < -0.39 is 0 Å². The summed E-state index contributed by atoms with van der Waals surface area (Å²) in [4.78, 5) is 24.5. The van der Waals surface area contributed by atoms with E-state index >= 15 is 0 Å². The molecule has 0 bridgehead atoms. The first kappa shape index (κ1) is 9.06. The van der Waals surface area contributed by atoms with Crippen molar-refractivity contribution in [3.05, 3.63) is 24.0 Å². The van der Waals surface area contributed by atoms with E-state index in [-0.39, 0.29) is 16.7 Å². The molecule has 0 amide bonds. The number of thioether (sulfide) groups is 1. The summed E-state index contributed by atoms with van der Waals surface area (Å²) in [6, 6.07) is 3.45. The van der Waals surface area contributed by atoms with Crippen LogP contribution in [-0.2, 0) is 4.79 Å². The van der Waals surface area contributed by atoms with Gasteiger partial charge in [-0.3, -0.25) is 9.59 Å². The molecule has 1 heterocycles. The van der Waals surface area contributed by atoms with Gasteiger partial charge in [-0.15, -0.1) is 0 Å². The van der Waals surface area contributed by atoms with Crippen LogP contribution in [0.1, 0.15) is 17.4 Å². The second kappa shape index (κ2) is 4.11. The van der Waals surface area contributed by atoms with Crippen LogP contribution in [0.25, 0.3) is 0 Å². The van der Waals surface area contributed by atoms with Gasteiger partial charge in [-0.2, -0.15) is 0 Å². The molecule has 0 spiro atoms. The standard InChI is InChI=1S/C8H9NO2S/c1-6(10)12-5-8(11)7-3-2-4-9-7/h2-4,9H,5H2,1H3. The largest absolute Gasteiger partial charge is 0.359 e. The summed E-state index contributed by atoms with van der Waals surface area (Å²) in [6.45, 7) is 1.45. The van der Waals surface area contributed by atoms with Crippen molar-refractivity contribution in [3.8, 4) is 0 Å². The van der Waals surface area contributed by atoms with E-state index in [0.29, 0.717) is 5.69 Å². The van der Waals surface area contributed by atoms with E-state index in [9.17, 15) is 9.59 Å². The highest BCUT2D eigenvalue weighted by Crippen LogP contribution is 2.05. The summed E-state index contributed by atoms with van der Waals surface area (Å²) in [5.74, 6) is 0.177. The summed E-state index contributed by atoms with van der Waals surface area (Å²) in [6.07, 6.45) is 1.69. The molecule has 0 saturated heterocycles. The predicted octanol–water partition coefficient (Wildman–Crippen LogP) is 1.48. The van der Waals surface area contributed by atoms with Crippen LogP contribution in [0.3, 0.4) is 0 Å². The molecular weight excluding hydrogens is 174 g/mol. The van der Waals surface area contributed by atoms with E-state index in [2.05, 4.69) is 4.98 Å². The van der Waals surface area contributed by atoms with Gasteiger partial charge in [0, 0.05) is 13.1 Å². The summed E-state index contributed by atoms with van der Waals surface area (Å²) in [7, 11) is 0. The number of hydrogen-bond acceptors (Lipinski definition) is 3. The van der Waals surface area contributed by atoms with Crippen LogP contribution in [0, 0.1) is 0 Å². The second-order valence-electron chi connectivity index (χ2n) is 2.29. The van der Waals surface area contributed by atoms with Crippen molar-refractivity contribution in [2.45, 2.75) is 6.92 Å². The Labute approximate surface area is 74.5 Å². The van der Waals surface area contributed by atoms with Gasteiger partial charge in [-0.25, -0.2) is 0 Å². The van der Waals surface area contributed by atoms with Gasteiger partial charge >= 0.3 is 0 Å². The summed E-state index contributed by atoms with van der Waals surface area (Å²) in [5, 5.41) is -0.0325. The SMILES string of the molecule is CC(=O)SCC(=O)c1ccc[nH]1. The monoisotopic (exact) mass is 183 g/mol. The normalized spacial score (nSPS) is 9.75. The molecule has 0 fully saturated rings. The van der Waals surface area contributed by atoms with Crippen molar-refractivity contribution in [2.24, 2.45) is 0 Å². The fourth-order valence-corrected chi connectivity index (χ4v) is 1.24. The van der Waals surface area contributed by atoms with Gasteiger partial charge in [0.15, 0.2) is 10.9 Å². The molecule has 1 aromatic rings. The second-order valence-corrected chi connectivity index (χ2v) is 3.44. The molecule has 0 radical (unpaired) electrons. The molecule has 0 saturated carbocycles. The maximum Gasteiger partial charge on any atom is 0.189 e. The van der Waals surface area contributed by atoms with E-state index in [4.69, 9.17) is 0 Å². The number of carbonyl (C=O) groups excluding carboxylic acids is 2. The average Bonchev–Trinajstić information content (AvgIpc) is 2.51. The van der Waals surface area contributed by atoms with Crippen LogP contribution in [0.2, 0.25) is 0 Å². The minimum absolute atomic E-state index is 0.0325. The highest BCUT2D eigenvalue weighted by atomic mass is 32.2. The first-order valence-electron chi connectivity index (χ1n) is 3.50. The van der Waals surface area contributed by atoms with Gasteiger partial charge in [0.1, 0.15) is 0 Å². The minimum atomic E-state index is -0.0415. The van der Waals surface area contributed by atoms with E-state index in [0.717, 1.165) is 11.8 Å². The van der Waals surface area contributed by atoms with Crippen molar-refractivity contribution >= 4 is 22.7 Å². The number of aromatic amines is 1. The Morgan fingerprint density at radius 2 is 2.33 bits per heavy atom. The Kier molecular flexibility index (Phi) is 3.10. The Hall–Kier alpha value is -1.03. The zero-order chi connectivity index (χ0) is 8.97. The van der Waals surface area contributed by atoms with Gasteiger partial charge in [0.05, 0.1) is 11.4 Å². The lowest BCUT2D eigenvalue weighted by molar-refractivity contribution is -0.109. The van der Waals surface area contributed by atoms with E-state index in [1.165, 1.54) is 6.92 Å². The average molecular weight is 183 g/mol. The van der Waals surface area contributed by atoms with Crippen LogP contribution in [-0.4, -0.2) is 21.6 Å². The zero-order valence-electron chi connectivity index (χ0n) is 6.66. The molecule has 0 aliphatic heterocycles. The van der Waals surface area contributed by atoms with Crippen LogP contribution in [0.15, 0.2) is 18.3 Å². The van der Waals surface area contributed by atoms with Crippen molar-refractivity contribution in [1.82, 2.24) is 4.98 Å². The van der Waals surface area contributed by atoms with Crippen LogP contribution in [0.5, 0.6) is 0 Å². The lowest BCUT2D eigenvalue weighted by Crippen LogP contribution is -2.03. The van der Waals surface area contributed by atoms with Gasteiger partial charge in [-0.1, -0.05) is 11.8 Å². The Balaban J connectivity index is 2.45. The number of aromatic nitrogens is 1. The molecule has 0 unspecified atom stereocenters. The fraction of sp³-hybridized carbons (Fsp3) is 0.250. The number of nitrogens with one attached hydrogen (secondary N) is 1. The third kappa shape index (κ3) is 2.54. The van der Waals surface area contributed by atoms with Crippen molar-refractivity contribution < 1.29 is 9.59 Å². The summed E-state index contributed by atoms with van der Waals surface area (Å²) in [5.41, 5.74) is 0.559. The topological polar surface area (TPSA) is 49.9 Å². The molecule has 4 heteroatoms. The minimum Gasteiger partial charge on any atom is -0.359 e. The first-order chi connectivity index (χ1) is 5.70. The highest BCUT2D eigenvalue weighted by Gasteiger charge is 2.06. The molecule has 0 aliphatic carbocycles. The summed E-state index contributed by atoms with van der Waals surface area (Å²) >= 11 is 1.03. The van der Waals surface area contributed by atoms with Crippen LogP contribution < -0.4 is 0 Å². The van der Waals surface area contributed by atoms with Crippen LogP contribution >= 0.6 is 11.8 Å². The fourth-order valence-electron chi connectivity index (χ4n) is 0.749. The van der Waals surface area contributed by atoms with Gasteiger partial charge in [-0.05, 0) is 12.1 Å². The molecule has 1 aromatic heterocycles. The first-order valence-corrected chi connectivity index (χ1v) is 4.48. The van der Waals surface area contributed by atoms with E-state index in [1.54, 1.807) is 18.3 Å². The number of carbonyl (C=O) groups is 2. The highest BCUT2D eigenvalue weighted by molar-refractivity contribution is 8.14. The van der Waals surface area contributed by atoms with Crippen molar-refractivity contribution in [1.29, 1.82) is 0 Å². The molecule has 12 heavy (non-hydrogen) atoms. The number of rotatable bonds is 3. The van der Waals surface area contributed by atoms with Gasteiger partial charge in [0.2, 0.25) is 0 Å². The smallest absolute Gasteiger partial charge is 0.189 e. The molecule has 1 rings (SSSR count). The maximum atomic E-state index is 11.2. The van der Waals surface area contributed by atoms with E-state index in [1.807, 2.05) is 0 Å². The number of ketones is 1. The maximum absolute atomic E-state index is 11.2. The molecule has 0 aromatic carbocycles. The van der Waals surface area contributed by atoms with Crippen molar-refractivity contribution in [2.75, 3.05) is 5.75 Å². The Morgan fingerprint density at radius 1 is 1.58 bits per heavy atom. The lowest BCUT2D eigenvalue weighted by atomic mass is 10.3. The van der Waals surface area contributed by atoms with Gasteiger partial charge in [0.25, 0.3) is 0 Å². The summed E-state index contributed by atoms with van der Waals surface area (Å²) < 4.78 is 0. The third-order valence-corrected chi connectivity index (χ3v) is 2.12. The lowest BCUT2D eigenvalue weighted by Gasteiger charge is -1.93. The van der Waals surface area contributed by atoms with Crippen LogP contribution in [0.4, 0.5) is 0 Å². The number of H-pyrrole nitrogens is 1. The zero-order valence-corrected chi connectivity index (χ0v) is 7.48. The molecule has 3 nitrogen and oxygen atoms in total. The molecule has 0 atom stereocenters. The molecular formula is C8H9NO2S. The molecule has 1 N–H and O–H groups in total.